The highest BCUT2D eigenvalue weighted by molar-refractivity contribution is 5.93. The summed E-state index contributed by atoms with van der Waals surface area (Å²) >= 11 is 0. The summed E-state index contributed by atoms with van der Waals surface area (Å²) in [5.41, 5.74) is 1.82. The number of hydrogen-bond donors (Lipinski definition) is 2. The Labute approximate surface area is 220 Å². The number of nitrogens with zero attached hydrogens (tertiary/aromatic N) is 4. The van der Waals surface area contributed by atoms with Gasteiger partial charge in [0.25, 0.3) is 0 Å². The Kier molecular flexibility index (Phi) is 7.54. The molecule has 0 bridgehead atoms. The van der Waals surface area contributed by atoms with Crippen LogP contribution in [-0.4, -0.2) is 83.4 Å². The first-order chi connectivity index (χ1) is 17.9. The zero-order valence-electron chi connectivity index (χ0n) is 22.4. The second-order valence-corrected chi connectivity index (χ2v) is 11.3. The maximum Gasteiger partial charge on any atom is 0.238 e. The standard InChI is InChI=1S/C29H41N5O3/c1-32(2)29(23-10-5-4-6-11-23)15-13-28(14-16-29)21-33(27(36)34(28)19-22-8-7-9-22)20-26(35)31-24-12-17-30-18-25(24)37-3/h4-6,10-12,17-18,22,27,36H,7-9,13-16,19-21H2,1-3H3,(H,30,31,35). The van der Waals surface area contributed by atoms with Crippen LogP contribution in [0.3, 0.4) is 0 Å². The fraction of sp³-hybridized carbons (Fsp3) is 0.586. The van der Waals surface area contributed by atoms with Gasteiger partial charge in [-0.3, -0.25) is 24.5 Å². The van der Waals surface area contributed by atoms with Gasteiger partial charge in [-0.25, -0.2) is 0 Å². The highest BCUT2D eigenvalue weighted by Gasteiger charge is 2.55. The van der Waals surface area contributed by atoms with E-state index in [1.165, 1.54) is 24.8 Å². The molecule has 2 aromatic rings. The van der Waals surface area contributed by atoms with E-state index in [1.807, 2.05) is 4.90 Å². The van der Waals surface area contributed by atoms with Gasteiger partial charge in [-0.1, -0.05) is 36.8 Å². The number of hydrogen-bond acceptors (Lipinski definition) is 7. The van der Waals surface area contributed by atoms with E-state index in [1.54, 1.807) is 25.6 Å². The predicted octanol–water partition coefficient (Wildman–Crippen LogP) is 3.49. The minimum Gasteiger partial charge on any atom is -0.493 e. The normalized spacial score (nSPS) is 28.9. The van der Waals surface area contributed by atoms with Crippen molar-refractivity contribution in [1.82, 2.24) is 19.7 Å². The number of amides is 1. The van der Waals surface area contributed by atoms with Crippen LogP contribution in [0.4, 0.5) is 5.69 Å². The summed E-state index contributed by atoms with van der Waals surface area (Å²) in [6.07, 6.45) is 10.2. The monoisotopic (exact) mass is 507 g/mol. The molecule has 1 atom stereocenters. The summed E-state index contributed by atoms with van der Waals surface area (Å²) in [4.78, 5) is 23.8. The predicted molar refractivity (Wildman–Crippen MR) is 144 cm³/mol. The summed E-state index contributed by atoms with van der Waals surface area (Å²) in [6, 6.07) is 12.6. The number of carbonyl (C=O) groups excluding carboxylic acids is 1. The first kappa shape index (κ1) is 26.1. The lowest BCUT2D eigenvalue weighted by atomic mass is 9.68. The Bertz CT molecular complexity index is 1070. The lowest BCUT2D eigenvalue weighted by Gasteiger charge is -2.52. The third-order valence-corrected chi connectivity index (χ3v) is 9.19. The second-order valence-electron chi connectivity index (χ2n) is 11.3. The smallest absolute Gasteiger partial charge is 0.238 e. The molecular formula is C29H41N5O3. The maximum atomic E-state index is 13.1. The average molecular weight is 508 g/mol. The van der Waals surface area contributed by atoms with Gasteiger partial charge in [0, 0.05) is 30.4 Å². The second kappa shape index (κ2) is 10.7. The number of aliphatic hydroxyl groups excluding tert-OH is 1. The number of anilines is 1. The molecule has 1 amide bonds. The molecule has 1 aromatic carbocycles. The number of nitrogens with one attached hydrogen (secondary N) is 1. The van der Waals surface area contributed by atoms with E-state index in [4.69, 9.17) is 4.74 Å². The largest absolute Gasteiger partial charge is 0.493 e. The van der Waals surface area contributed by atoms with Crippen molar-refractivity contribution in [2.24, 2.45) is 5.92 Å². The molecule has 5 rings (SSSR count). The molecule has 200 valence electrons. The number of methoxy groups -OCH3 is 1. The van der Waals surface area contributed by atoms with Gasteiger partial charge >= 0.3 is 0 Å². The molecule has 1 unspecified atom stereocenters. The van der Waals surface area contributed by atoms with E-state index < -0.39 is 6.35 Å². The summed E-state index contributed by atoms with van der Waals surface area (Å²) in [5.74, 6) is 0.997. The SMILES string of the molecule is COc1cnccc1NC(=O)CN1CC2(CCC(c3ccccc3)(N(C)C)CC2)N(CC2CCC2)C1O. The van der Waals surface area contributed by atoms with E-state index in [2.05, 4.69) is 64.5 Å². The van der Waals surface area contributed by atoms with Crippen molar-refractivity contribution in [3.63, 3.8) is 0 Å². The molecular weight excluding hydrogens is 466 g/mol. The molecule has 3 fully saturated rings. The van der Waals surface area contributed by atoms with Crippen LogP contribution < -0.4 is 10.1 Å². The van der Waals surface area contributed by atoms with E-state index in [-0.39, 0.29) is 23.5 Å². The first-order valence-electron chi connectivity index (χ1n) is 13.6. The van der Waals surface area contributed by atoms with E-state index in [0.717, 1.165) is 32.2 Å². The summed E-state index contributed by atoms with van der Waals surface area (Å²) < 4.78 is 5.33. The number of benzene rings is 1. The van der Waals surface area contributed by atoms with Gasteiger partial charge in [0.1, 0.15) is 0 Å². The Balaban J connectivity index is 1.34. The van der Waals surface area contributed by atoms with Crippen LogP contribution in [0, 0.1) is 5.92 Å². The van der Waals surface area contributed by atoms with Gasteiger partial charge in [0.05, 0.1) is 25.5 Å². The van der Waals surface area contributed by atoms with Gasteiger partial charge in [-0.2, -0.15) is 0 Å². The summed E-state index contributed by atoms with van der Waals surface area (Å²) in [5, 5.41) is 14.5. The Morgan fingerprint density at radius 1 is 1.16 bits per heavy atom. The number of rotatable bonds is 8. The molecule has 1 saturated heterocycles. The maximum absolute atomic E-state index is 13.1. The molecule has 2 N–H and O–H groups in total. The van der Waals surface area contributed by atoms with Crippen molar-refractivity contribution in [2.75, 3.05) is 46.2 Å². The quantitative estimate of drug-likeness (QED) is 0.566. The Hall–Kier alpha value is -2.52. The van der Waals surface area contributed by atoms with Crippen molar-refractivity contribution in [3.05, 3.63) is 54.4 Å². The van der Waals surface area contributed by atoms with Crippen molar-refractivity contribution >= 4 is 11.6 Å². The van der Waals surface area contributed by atoms with Crippen LogP contribution in [0.15, 0.2) is 48.8 Å². The highest BCUT2D eigenvalue weighted by atomic mass is 16.5. The van der Waals surface area contributed by atoms with E-state index in [0.29, 0.717) is 23.9 Å². The molecule has 2 heterocycles. The highest BCUT2D eigenvalue weighted by Crippen LogP contribution is 2.50. The molecule has 1 aliphatic heterocycles. The van der Waals surface area contributed by atoms with Gasteiger partial charge in [-0.05, 0) is 70.2 Å². The zero-order valence-corrected chi connectivity index (χ0v) is 22.4. The third kappa shape index (κ3) is 5.00. The fourth-order valence-electron chi connectivity index (χ4n) is 6.71. The molecule has 3 aliphatic rings. The Morgan fingerprint density at radius 3 is 2.51 bits per heavy atom. The van der Waals surface area contributed by atoms with E-state index in [9.17, 15) is 9.90 Å². The molecule has 8 nitrogen and oxygen atoms in total. The van der Waals surface area contributed by atoms with Crippen molar-refractivity contribution in [2.45, 2.75) is 62.4 Å². The molecule has 2 saturated carbocycles. The number of pyridine rings is 1. The molecule has 8 heteroatoms. The minimum atomic E-state index is -0.755. The lowest BCUT2D eigenvalue weighted by Crippen LogP contribution is -2.57. The molecule has 2 aliphatic carbocycles. The van der Waals surface area contributed by atoms with Gasteiger partial charge in [0.2, 0.25) is 5.91 Å². The molecule has 1 spiro atoms. The van der Waals surface area contributed by atoms with Crippen molar-refractivity contribution in [3.8, 4) is 5.75 Å². The lowest BCUT2D eigenvalue weighted by molar-refractivity contribution is -0.125. The number of aromatic nitrogens is 1. The van der Waals surface area contributed by atoms with Crippen molar-refractivity contribution < 1.29 is 14.6 Å². The summed E-state index contributed by atoms with van der Waals surface area (Å²) in [6.45, 7) is 1.73. The van der Waals surface area contributed by atoms with E-state index >= 15 is 0 Å². The van der Waals surface area contributed by atoms with Gasteiger partial charge in [-0.15, -0.1) is 0 Å². The van der Waals surface area contributed by atoms with Gasteiger partial charge < -0.3 is 15.2 Å². The Morgan fingerprint density at radius 2 is 1.89 bits per heavy atom. The number of aliphatic hydroxyl groups is 1. The third-order valence-electron chi connectivity index (χ3n) is 9.19. The zero-order chi connectivity index (χ0) is 26.0. The fourth-order valence-corrected chi connectivity index (χ4v) is 6.71. The average Bonchev–Trinajstić information content (AvgIpc) is 3.12. The van der Waals surface area contributed by atoms with Gasteiger partial charge in [0.15, 0.2) is 12.1 Å². The molecule has 37 heavy (non-hydrogen) atoms. The van der Waals surface area contributed by atoms with Crippen LogP contribution in [0.1, 0.15) is 50.5 Å². The van der Waals surface area contributed by atoms with Crippen LogP contribution >= 0.6 is 0 Å². The van der Waals surface area contributed by atoms with Crippen molar-refractivity contribution in [1.29, 1.82) is 0 Å². The first-order valence-corrected chi connectivity index (χ1v) is 13.6. The molecule has 0 radical (unpaired) electrons. The number of carbonyl (C=O) groups is 1. The van der Waals surface area contributed by atoms with Crippen LogP contribution in [0.25, 0.3) is 0 Å². The minimum absolute atomic E-state index is 0.0116. The number of ether oxygens (including phenoxy) is 1. The van der Waals surface area contributed by atoms with Crippen LogP contribution in [-0.2, 0) is 10.3 Å². The molecule has 1 aromatic heterocycles. The summed E-state index contributed by atoms with van der Waals surface area (Å²) in [7, 11) is 5.93. The van der Waals surface area contributed by atoms with Crippen LogP contribution in [0.5, 0.6) is 5.75 Å². The van der Waals surface area contributed by atoms with Crippen LogP contribution in [0.2, 0.25) is 0 Å². The topological polar surface area (TPSA) is 81.2 Å².